The first-order chi connectivity index (χ1) is 6.43. The summed E-state index contributed by atoms with van der Waals surface area (Å²) in [6.45, 7) is 0.950. The van der Waals surface area contributed by atoms with E-state index in [2.05, 4.69) is 14.4 Å². The lowest BCUT2D eigenvalue weighted by Gasteiger charge is -2.23. The summed E-state index contributed by atoms with van der Waals surface area (Å²) in [6.07, 6.45) is 0. The minimum Gasteiger partial charge on any atom is -0.756 e. The molecule has 0 aliphatic heterocycles. The van der Waals surface area contributed by atoms with Crippen LogP contribution < -0.4 is 10.2 Å². The van der Waals surface area contributed by atoms with Gasteiger partial charge in [-0.15, -0.1) is 0 Å². The van der Waals surface area contributed by atoms with Gasteiger partial charge in [0.1, 0.15) is 6.04 Å². The Hall–Kier alpha value is -0.460. The lowest BCUT2D eigenvalue weighted by Crippen LogP contribution is -2.38. The fourth-order valence-electron chi connectivity index (χ4n) is 0.639. The van der Waals surface area contributed by atoms with Crippen molar-refractivity contribution in [1.29, 1.82) is 0 Å². The summed E-state index contributed by atoms with van der Waals surface area (Å²) >= 11 is 0. The number of likely N-dealkylation sites (N-methyl/N-ethyl adjacent to an activating group) is 1. The van der Waals surface area contributed by atoms with Gasteiger partial charge in [0.2, 0.25) is 0 Å². The number of carboxylic acid groups (broad SMARTS) is 1. The smallest absolute Gasteiger partial charge is 0.323 e. The molecular formula is C6H13NO6P-. The Morgan fingerprint density at radius 3 is 2.57 bits per heavy atom. The molecule has 0 aliphatic rings. The Balaban J connectivity index is 4.02. The van der Waals surface area contributed by atoms with Crippen LogP contribution >= 0.6 is 7.82 Å². The number of carbonyl (C=O) groups is 1. The summed E-state index contributed by atoms with van der Waals surface area (Å²) in [6, 6.07) is -1.07. The molecule has 0 aliphatic carbocycles. The maximum absolute atomic E-state index is 10.8. The van der Waals surface area contributed by atoms with Crippen LogP contribution in [0.3, 0.4) is 0 Å². The molecule has 2 unspecified atom stereocenters. The van der Waals surface area contributed by atoms with Crippen molar-refractivity contribution in [1.82, 2.24) is 5.32 Å². The molecule has 8 heteroatoms. The highest BCUT2D eigenvalue weighted by molar-refractivity contribution is 7.45. The topological polar surface area (TPSA) is 108 Å². The highest BCUT2D eigenvalue weighted by atomic mass is 31.2. The monoisotopic (exact) mass is 226 g/mol. The summed E-state index contributed by atoms with van der Waals surface area (Å²) in [5, 5.41) is 10.9. The van der Waals surface area contributed by atoms with Crippen molar-refractivity contribution in [2.24, 2.45) is 0 Å². The Morgan fingerprint density at radius 2 is 2.21 bits per heavy atom. The fraction of sp³-hybridized carbons (Fsp3) is 0.833. The van der Waals surface area contributed by atoms with E-state index in [0.717, 1.165) is 0 Å². The van der Waals surface area contributed by atoms with Gasteiger partial charge in [0.05, 0.1) is 13.2 Å². The Labute approximate surface area is 81.6 Å². The molecule has 2 atom stereocenters. The maximum atomic E-state index is 10.8. The summed E-state index contributed by atoms with van der Waals surface area (Å²) in [7, 11) is -2.97. The number of carboxylic acids is 1. The predicted octanol–water partition coefficient (Wildman–Crippen LogP) is -0.819. The third-order valence-corrected chi connectivity index (χ3v) is 2.37. The SMILES string of the molecule is CCOP(=O)([O-])OCC(NC)C(=O)O. The zero-order valence-electron chi connectivity index (χ0n) is 7.93. The average molecular weight is 226 g/mol. The number of phosphoric ester groups is 1. The van der Waals surface area contributed by atoms with Gasteiger partial charge in [0, 0.05) is 0 Å². The minimum absolute atomic E-state index is 0.0436. The largest absolute Gasteiger partial charge is 0.756 e. The van der Waals surface area contributed by atoms with Crippen LogP contribution in [0.2, 0.25) is 0 Å². The zero-order chi connectivity index (χ0) is 11.2. The van der Waals surface area contributed by atoms with Crippen molar-refractivity contribution < 1.29 is 28.4 Å². The van der Waals surface area contributed by atoms with Crippen LogP contribution in [0.25, 0.3) is 0 Å². The number of phosphoric acid groups is 1. The van der Waals surface area contributed by atoms with E-state index in [1.54, 1.807) is 0 Å². The van der Waals surface area contributed by atoms with Gasteiger partial charge in [-0.3, -0.25) is 9.36 Å². The molecule has 84 valence electrons. The fourth-order valence-corrected chi connectivity index (χ4v) is 1.36. The lowest BCUT2D eigenvalue weighted by atomic mass is 10.3. The second kappa shape index (κ2) is 6.10. The van der Waals surface area contributed by atoms with Crippen molar-refractivity contribution in [3.05, 3.63) is 0 Å². The van der Waals surface area contributed by atoms with Gasteiger partial charge in [-0.1, -0.05) is 0 Å². The number of rotatable bonds is 7. The summed E-state index contributed by atoms with van der Waals surface area (Å²) in [5.41, 5.74) is 0. The molecule has 0 saturated heterocycles. The molecular weight excluding hydrogens is 213 g/mol. The van der Waals surface area contributed by atoms with Gasteiger partial charge in [-0.25, -0.2) is 0 Å². The molecule has 0 aromatic heterocycles. The van der Waals surface area contributed by atoms with Crippen LogP contribution in [-0.4, -0.2) is 37.4 Å². The summed E-state index contributed by atoms with van der Waals surface area (Å²) in [4.78, 5) is 21.3. The summed E-state index contributed by atoms with van der Waals surface area (Å²) < 4.78 is 19.4. The maximum Gasteiger partial charge on any atom is 0.323 e. The standard InChI is InChI=1S/C6H14NO6P/c1-3-12-14(10,11)13-4-5(7-2)6(8)9/h5,7H,3-4H2,1-2H3,(H,8,9)(H,10,11)/p-1. The van der Waals surface area contributed by atoms with Crippen molar-refractivity contribution in [3.8, 4) is 0 Å². The van der Waals surface area contributed by atoms with Crippen LogP contribution in [0.5, 0.6) is 0 Å². The molecule has 0 bridgehead atoms. The quantitative estimate of drug-likeness (QED) is 0.546. The van der Waals surface area contributed by atoms with Gasteiger partial charge in [0.25, 0.3) is 7.82 Å². The van der Waals surface area contributed by atoms with E-state index in [-0.39, 0.29) is 6.61 Å². The van der Waals surface area contributed by atoms with Crippen molar-refractivity contribution >= 4 is 13.8 Å². The van der Waals surface area contributed by atoms with E-state index in [1.807, 2.05) is 0 Å². The Morgan fingerprint density at radius 1 is 1.64 bits per heavy atom. The molecule has 0 rings (SSSR count). The van der Waals surface area contributed by atoms with Gasteiger partial charge in [-0.2, -0.15) is 0 Å². The molecule has 14 heavy (non-hydrogen) atoms. The number of hydrogen-bond donors (Lipinski definition) is 2. The van der Waals surface area contributed by atoms with E-state index < -0.39 is 26.4 Å². The zero-order valence-corrected chi connectivity index (χ0v) is 8.82. The van der Waals surface area contributed by atoms with Gasteiger partial charge >= 0.3 is 5.97 Å². The van der Waals surface area contributed by atoms with E-state index in [0.29, 0.717) is 0 Å². The van der Waals surface area contributed by atoms with Crippen LogP contribution in [-0.2, 0) is 18.4 Å². The highest BCUT2D eigenvalue weighted by Crippen LogP contribution is 2.37. The second-order valence-electron chi connectivity index (χ2n) is 2.34. The van der Waals surface area contributed by atoms with Gasteiger partial charge in [-0.05, 0) is 14.0 Å². The number of aliphatic carboxylic acids is 1. The third kappa shape index (κ3) is 5.31. The molecule has 0 saturated carbocycles. The lowest BCUT2D eigenvalue weighted by molar-refractivity contribution is -0.225. The Bertz CT molecular complexity index is 232. The molecule has 0 aromatic carbocycles. The van der Waals surface area contributed by atoms with Gasteiger partial charge in [0.15, 0.2) is 0 Å². The average Bonchev–Trinajstić information content (AvgIpc) is 2.04. The first-order valence-corrected chi connectivity index (χ1v) is 5.39. The molecule has 7 nitrogen and oxygen atoms in total. The minimum atomic E-state index is -4.35. The molecule has 0 heterocycles. The molecule has 0 radical (unpaired) electrons. The third-order valence-electron chi connectivity index (χ3n) is 1.33. The molecule has 0 aromatic rings. The van der Waals surface area contributed by atoms with Crippen LogP contribution in [0.4, 0.5) is 0 Å². The van der Waals surface area contributed by atoms with E-state index in [4.69, 9.17) is 5.11 Å². The van der Waals surface area contributed by atoms with E-state index in [1.165, 1.54) is 14.0 Å². The molecule has 2 N–H and O–H groups in total. The van der Waals surface area contributed by atoms with Crippen molar-refractivity contribution in [3.63, 3.8) is 0 Å². The van der Waals surface area contributed by atoms with E-state index in [9.17, 15) is 14.3 Å². The molecule has 0 amide bonds. The number of hydrogen-bond acceptors (Lipinski definition) is 6. The van der Waals surface area contributed by atoms with Crippen LogP contribution in [0.15, 0.2) is 0 Å². The van der Waals surface area contributed by atoms with E-state index >= 15 is 0 Å². The summed E-state index contributed by atoms with van der Waals surface area (Å²) in [5.74, 6) is -1.19. The highest BCUT2D eigenvalue weighted by Gasteiger charge is 2.18. The predicted molar refractivity (Wildman–Crippen MR) is 45.7 cm³/mol. The first-order valence-electron chi connectivity index (χ1n) is 3.93. The Kier molecular flexibility index (Phi) is 5.90. The van der Waals surface area contributed by atoms with Crippen molar-refractivity contribution in [2.75, 3.05) is 20.3 Å². The first kappa shape index (κ1) is 13.5. The van der Waals surface area contributed by atoms with Gasteiger partial charge < -0.3 is 24.4 Å². The van der Waals surface area contributed by atoms with Crippen molar-refractivity contribution in [2.45, 2.75) is 13.0 Å². The number of nitrogens with one attached hydrogen (secondary N) is 1. The van der Waals surface area contributed by atoms with Crippen LogP contribution in [0, 0.1) is 0 Å². The normalized spacial score (nSPS) is 17.4. The molecule has 0 fully saturated rings. The second-order valence-corrected chi connectivity index (χ2v) is 3.75. The van der Waals surface area contributed by atoms with Crippen LogP contribution in [0.1, 0.15) is 6.92 Å². The molecule has 0 spiro atoms.